The molecule has 1 aromatic carbocycles. The van der Waals surface area contributed by atoms with E-state index in [1.807, 2.05) is 11.6 Å². The minimum absolute atomic E-state index is 0.372. The number of benzene rings is 1. The second-order valence-electron chi connectivity index (χ2n) is 6.68. The third-order valence-electron chi connectivity index (χ3n) is 4.62. The first-order chi connectivity index (χ1) is 10.5. The number of aryl methyl sites for hydroxylation is 1. The van der Waals surface area contributed by atoms with E-state index in [1.54, 1.807) is 6.20 Å². The third-order valence-corrected chi connectivity index (χ3v) is 4.62. The van der Waals surface area contributed by atoms with Crippen LogP contribution in [0.4, 0.5) is 0 Å². The van der Waals surface area contributed by atoms with E-state index >= 15 is 0 Å². The van der Waals surface area contributed by atoms with E-state index in [9.17, 15) is 9.90 Å². The first kappa shape index (κ1) is 15.1. The molecule has 0 unspecified atom stereocenters. The fourth-order valence-electron chi connectivity index (χ4n) is 3.55. The molecule has 4 nitrogen and oxygen atoms in total. The molecule has 1 aliphatic heterocycles. The molecule has 1 aromatic heterocycles. The summed E-state index contributed by atoms with van der Waals surface area (Å²) >= 11 is 0. The van der Waals surface area contributed by atoms with E-state index in [0.29, 0.717) is 11.5 Å². The number of carboxylic acids is 1. The average molecular weight is 300 g/mol. The van der Waals surface area contributed by atoms with Crippen molar-refractivity contribution in [1.82, 2.24) is 9.47 Å². The summed E-state index contributed by atoms with van der Waals surface area (Å²) in [5.41, 5.74) is 3.92. The molecule has 22 heavy (non-hydrogen) atoms. The Kier molecular flexibility index (Phi) is 3.96. The highest BCUT2D eigenvalue weighted by molar-refractivity contribution is 6.04. The molecule has 1 saturated heterocycles. The first-order valence-electron chi connectivity index (χ1n) is 8.05. The van der Waals surface area contributed by atoms with Crippen LogP contribution < -0.4 is 0 Å². The molecule has 2 aromatic rings. The van der Waals surface area contributed by atoms with Crippen molar-refractivity contribution in [3.05, 3.63) is 35.0 Å². The highest BCUT2D eigenvalue weighted by Gasteiger charge is 2.19. The lowest BCUT2D eigenvalue weighted by Gasteiger charge is -2.17. The van der Waals surface area contributed by atoms with Gasteiger partial charge in [-0.15, -0.1) is 0 Å². The Morgan fingerprint density at radius 3 is 2.55 bits per heavy atom. The van der Waals surface area contributed by atoms with Gasteiger partial charge in [0.25, 0.3) is 0 Å². The molecule has 2 heterocycles. The number of carbonyl (C=O) groups is 1. The molecule has 0 bridgehead atoms. The number of fused-ring (bicyclic) bond motifs is 1. The smallest absolute Gasteiger partial charge is 0.337 e. The summed E-state index contributed by atoms with van der Waals surface area (Å²) < 4.78 is 1.95. The Balaban J connectivity index is 2.13. The Hall–Kier alpha value is -1.81. The van der Waals surface area contributed by atoms with Gasteiger partial charge in [-0.3, -0.25) is 4.90 Å². The van der Waals surface area contributed by atoms with Gasteiger partial charge in [0, 0.05) is 25.2 Å². The van der Waals surface area contributed by atoms with Gasteiger partial charge in [0.1, 0.15) is 0 Å². The van der Waals surface area contributed by atoms with Crippen molar-refractivity contribution in [3.8, 4) is 0 Å². The standard InChI is InChI=1S/C18H24N2O2/c1-12(2)14-8-13(10-20-6-4-5-7-20)9-15-16(18(21)22)11-19(3)17(14)15/h8-9,11-12H,4-7,10H2,1-3H3,(H,21,22). The van der Waals surface area contributed by atoms with Crippen molar-refractivity contribution in [2.45, 2.75) is 39.2 Å². The molecular formula is C18H24N2O2. The van der Waals surface area contributed by atoms with E-state index in [2.05, 4.69) is 30.9 Å². The topological polar surface area (TPSA) is 45.5 Å². The number of aromatic nitrogens is 1. The molecule has 0 atom stereocenters. The quantitative estimate of drug-likeness (QED) is 0.938. The zero-order chi connectivity index (χ0) is 15.9. The van der Waals surface area contributed by atoms with Crippen LogP contribution >= 0.6 is 0 Å². The normalized spacial score (nSPS) is 16.0. The Bertz CT molecular complexity index is 709. The van der Waals surface area contributed by atoms with E-state index in [-0.39, 0.29) is 0 Å². The maximum Gasteiger partial charge on any atom is 0.337 e. The van der Waals surface area contributed by atoms with Crippen molar-refractivity contribution >= 4 is 16.9 Å². The highest BCUT2D eigenvalue weighted by Crippen LogP contribution is 2.31. The van der Waals surface area contributed by atoms with Crippen molar-refractivity contribution in [2.24, 2.45) is 7.05 Å². The number of hydrogen-bond donors (Lipinski definition) is 1. The molecule has 1 N–H and O–H groups in total. The van der Waals surface area contributed by atoms with E-state index in [0.717, 1.165) is 30.5 Å². The number of rotatable bonds is 4. The van der Waals surface area contributed by atoms with Gasteiger partial charge in [-0.1, -0.05) is 19.9 Å². The highest BCUT2D eigenvalue weighted by atomic mass is 16.4. The van der Waals surface area contributed by atoms with Gasteiger partial charge in [0.15, 0.2) is 0 Å². The second kappa shape index (κ2) is 5.76. The van der Waals surface area contributed by atoms with Crippen molar-refractivity contribution in [2.75, 3.05) is 13.1 Å². The molecule has 0 saturated carbocycles. The molecule has 0 aliphatic carbocycles. The van der Waals surface area contributed by atoms with Crippen LogP contribution in [-0.4, -0.2) is 33.6 Å². The Morgan fingerprint density at radius 1 is 1.27 bits per heavy atom. The number of carboxylic acid groups (broad SMARTS) is 1. The summed E-state index contributed by atoms with van der Waals surface area (Å²) in [7, 11) is 1.93. The predicted molar refractivity (Wildman–Crippen MR) is 88.5 cm³/mol. The van der Waals surface area contributed by atoms with Crippen LogP contribution in [0.3, 0.4) is 0 Å². The van der Waals surface area contributed by atoms with Crippen LogP contribution in [0, 0.1) is 0 Å². The molecule has 4 heteroatoms. The predicted octanol–water partition coefficient (Wildman–Crippen LogP) is 3.60. The van der Waals surface area contributed by atoms with E-state index < -0.39 is 5.97 Å². The summed E-state index contributed by atoms with van der Waals surface area (Å²) in [6.07, 6.45) is 4.27. The maximum atomic E-state index is 11.5. The zero-order valence-corrected chi connectivity index (χ0v) is 13.6. The molecule has 3 rings (SSSR count). The lowest BCUT2D eigenvalue weighted by atomic mass is 9.96. The minimum atomic E-state index is -0.848. The molecule has 0 radical (unpaired) electrons. The van der Waals surface area contributed by atoms with E-state index in [1.165, 1.54) is 24.0 Å². The summed E-state index contributed by atoms with van der Waals surface area (Å²) in [5, 5.41) is 10.3. The fraction of sp³-hybridized carbons (Fsp3) is 0.500. The van der Waals surface area contributed by atoms with Gasteiger partial charge in [0.05, 0.1) is 11.1 Å². The second-order valence-corrected chi connectivity index (χ2v) is 6.68. The van der Waals surface area contributed by atoms with Gasteiger partial charge >= 0.3 is 5.97 Å². The Morgan fingerprint density at radius 2 is 1.95 bits per heavy atom. The fourth-order valence-corrected chi connectivity index (χ4v) is 3.55. The largest absolute Gasteiger partial charge is 0.478 e. The van der Waals surface area contributed by atoms with Crippen LogP contribution in [0.1, 0.15) is 54.1 Å². The molecule has 118 valence electrons. The monoisotopic (exact) mass is 300 g/mol. The molecule has 1 aliphatic rings. The van der Waals surface area contributed by atoms with Crippen LogP contribution in [0.5, 0.6) is 0 Å². The number of aromatic carboxylic acids is 1. The van der Waals surface area contributed by atoms with Crippen LogP contribution in [0.2, 0.25) is 0 Å². The van der Waals surface area contributed by atoms with Gasteiger partial charge in [-0.25, -0.2) is 4.79 Å². The summed E-state index contributed by atoms with van der Waals surface area (Å²) in [5.74, 6) is -0.477. The number of likely N-dealkylation sites (tertiary alicyclic amines) is 1. The Labute approximate surface area is 131 Å². The van der Waals surface area contributed by atoms with Crippen LogP contribution in [-0.2, 0) is 13.6 Å². The van der Waals surface area contributed by atoms with Crippen LogP contribution in [0.15, 0.2) is 18.3 Å². The molecule has 0 amide bonds. The third kappa shape index (κ3) is 2.63. The number of nitrogens with zero attached hydrogens (tertiary/aromatic N) is 2. The SMILES string of the molecule is CC(C)c1cc(CN2CCCC2)cc2c(C(=O)O)cn(C)c12. The molecular weight excluding hydrogens is 276 g/mol. The summed E-state index contributed by atoms with van der Waals surface area (Å²) in [6.45, 7) is 7.55. The van der Waals surface area contributed by atoms with Gasteiger partial charge in [0.2, 0.25) is 0 Å². The molecule has 1 fully saturated rings. The summed E-state index contributed by atoms with van der Waals surface area (Å²) in [6, 6.07) is 4.33. The lowest BCUT2D eigenvalue weighted by molar-refractivity contribution is 0.0699. The van der Waals surface area contributed by atoms with Gasteiger partial charge < -0.3 is 9.67 Å². The van der Waals surface area contributed by atoms with Crippen molar-refractivity contribution in [3.63, 3.8) is 0 Å². The minimum Gasteiger partial charge on any atom is -0.478 e. The summed E-state index contributed by atoms with van der Waals surface area (Å²) in [4.78, 5) is 14.0. The van der Waals surface area contributed by atoms with Crippen molar-refractivity contribution < 1.29 is 9.90 Å². The first-order valence-corrected chi connectivity index (χ1v) is 8.05. The zero-order valence-electron chi connectivity index (χ0n) is 13.6. The average Bonchev–Trinajstić information content (AvgIpc) is 3.06. The van der Waals surface area contributed by atoms with E-state index in [4.69, 9.17) is 0 Å². The number of hydrogen-bond acceptors (Lipinski definition) is 2. The van der Waals surface area contributed by atoms with Gasteiger partial charge in [-0.05, 0) is 49.0 Å². The van der Waals surface area contributed by atoms with Crippen molar-refractivity contribution in [1.29, 1.82) is 0 Å². The maximum absolute atomic E-state index is 11.5. The molecule has 0 spiro atoms. The van der Waals surface area contributed by atoms with Gasteiger partial charge in [-0.2, -0.15) is 0 Å². The lowest BCUT2D eigenvalue weighted by Crippen LogP contribution is -2.18. The van der Waals surface area contributed by atoms with Crippen LogP contribution in [0.25, 0.3) is 10.9 Å².